The number of halogens is 1. The fourth-order valence-electron chi connectivity index (χ4n) is 3.10. The maximum absolute atomic E-state index is 13.0. The van der Waals surface area contributed by atoms with E-state index in [0.29, 0.717) is 18.8 Å². The van der Waals surface area contributed by atoms with Crippen molar-refractivity contribution in [3.8, 4) is 5.75 Å². The summed E-state index contributed by atoms with van der Waals surface area (Å²) < 4.78 is 20.8. The molecule has 0 aliphatic heterocycles. The van der Waals surface area contributed by atoms with Crippen LogP contribution in [0.5, 0.6) is 5.75 Å². The second-order valence-electron chi connectivity index (χ2n) is 6.66. The highest BCUT2D eigenvalue weighted by Gasteiger charge is 2.13. The molecule has 0 radical (unpaired) electrons. The number of aryl methyl sites for hydroxylation is 2. The molecule has 6 nitrogen and oxygen atoms in total. The Morgan fingerprint density at radius 2 is 1.89 bits per heavy atom. The summed E-state index contributed by atoms with van der Waals surface area (Å²) in [5, 5.41) is 11.2. The van der Waals surface area contributed by atoms with Gasteiger partial charge in [-0.2, -0.15) is 5.10 Å². The van der Waals surface area contributed by atoms with Crippen LogP contribution in [0, 0.1) is 5.82 Å². The number of aromatic nitrogens is 2. The van der Waals surface area contributed by atoms with Gasteiger partial charge in [0.15, 0.2) is 5.96 Å². The van der Waals surface area contributed by atoms with E-state index in [-0.39, 0.29) is 11.9 Å². The third-order valence-electron chi connectivity index (χ3n) is 4.48. The van der Waals surface area contributed by atoms with Crippen molar-refractivity contribution in [3.63, 3.8) is 0 Å². The molecule has 0 bridgehead atoms. The predicted octanol–water partition coefficient (Wildman–Crippen LogP) is 3.21. The van der Waals surface area contributed by atoms with E-state index in [9.17, 15) is 4.39 Å². The molecule has 0 aliphatic rings. The van der Waals surface area contributed by atoms with Gasteiger partial charge < -0.3 is 15.4 Å². The van der Waals surface area contributed by atoms with Crippen molar-refractivity contribution < 1.29 is 9.13 Å². The van der Waals surface area contributed by atoms with Gasteiger partial charge in [0.1, 0.15) is 17.7 Å². The fourth-order valence-corrected chi connectivity index (χ4v) is 3.10. The minimum absolute atomic E-state index is 0.0925. The summed E-state index contributed by atoms with van der Waals surface area (Å²) in [6.07, 6.45) is 1.73. The van der Waals surface area contributed by atoms with Gasteiger partial charge in [-0.3, -0.25) is 4.68 Å². The van der Waals surface area contributed by atoms with Crippen LogP contribution in [0.4, 0.5) is 4.39 Å². The van der Waals surface area contributed by atoms with Gasteiger partial charge in [-0.1, -0.05) is 13.8 Å². The maximum atomic E-state index is 13.0. The maximum Gasteiger partial charge on any atom is 0.191 e. The summed E-state index contributed by atoms with van der Waals surface area (Å²) in [6.45, 7) is 10.2. The zero-order valence-electron chi connectivity index (χ0n) is 17.6. The van der Waals surface area contributed by atoms with E-state index in [4.69, 9.17) is 9.73 Å². The van der Waals surface area contributed by atoms with Crippen LogP contribution in [0.15, 0.2) is 29.3 Å². The largest absolute Gasteiger partial charge is 0.489 e. The van der Waals surface area contributed by atoms with Crippen molar-refractivity contribution in [3.05, 3.63) is 47.0 Å². The summed E-state index contributed by atoms with van der Waals surface area (Å²) in [4.78, 5) is 4.74. The second kappa shape index (κ2) is 10.7. The van der Waals surface area contributed by atoms with Crippen molar-refractivity contribution in [2.45, 2.75) is 53.2 Å². The van der Waals surface area contributed by atoms with E-state index in [1.807, 2.05) is 25.6 Å². The molecule has 7 heteroatoms. The number of ether oxygens (including phenoxy) is 1. The van der Waals surface area contributed by atoms with Crippen molar-refractivity contribution >= 4 is 5.96 Å². The van der Waals surface area contributed by atoms with Gasteiger partial charge in [0.05, 0.1) is 18.8 Å². The van der Waals surface area contributed by atoms with Gasteiger partial charge in [0.25, 0.3) is 0 Å². The normalized spacial score (nSPS) is 12.7. The Bertz CT molecular complexity index is 770. The van der Waals surface area contributed by atoms with Crippen LogP contribution in [0.3, 0.4) is 0 Å². The molecule has 1 aromatic heterocycles. The molecule has 2 aromatic rings. The lowest BCUT2D eigenvalue weighted by Crippen LogP contribution is -2.41. The van der Waals surface area contributed by atoms with Crippen LogP contribution >= 0.6 is 0 Å². The van der Waals surface area contributed by atoms with Crippen molar-refractivity contribution in [1.29, 1.82) is 0 Å². The summed E-state index contributed by atoms with van der Waals surface area (Å²) in [5.41, 5.74) is 3.54. The molecular weight excluding hydrogens is 357 g/mol. The predicted molar refractivity (Wildman–Crippen MR) is 111 cm³/mol. The molecule has 154 valence electrons. The summed E-state index contributed by atoms with van der Waals surface area (Å²) in [5.74, 6) is 1.12. The van der Waals surface area contributed by atoms with E-state index >= 15 is 0 Å². The van der Waals surface area contributed by atoms with Crippen molar-refractivity contribution in [1.82, 2.24) is 20.4 Å². The molecule has 1 unspecified atom stereocenters. The molecule has 0 spiro atoms. The number of aliphatic imine (C=N–C) groups is 1. The number of rotatable bonds is 9. The number of benzene rings is 1. The molecule has 1 heterocycles. The van der Waals surface area contributed by atoms with Gasteiger partial charge in [-0.05, 0) is 51.0 Å². The van der Waals surface area contributed by atoms with E-state index in [1.54, 1.807) is 12.1 Å². The van der Waals surface area contributed by atoms with Crippen LogP contribution in [0.1, 0.15) is 44.6 Å². The molecule has 2 rings (SSSR count). The Balaban J connectivity index is 1.99. The third-order valence-corrected chi connectivity index (χ3v) is 4.48. The molecule has 2 N–H and O–H groups in total. The van der Waals surface area contributed by atoms with Gasteiger partial charge in [-0.15, -0.1) is 0 Å². The van der Waals surface area contributed by atoms with E-state index in [2.05, 4.69) is 29.6 Å². The number of hydrogen-bond donors (Lipinski definition) is 2. The highest BCUT2D eigenvalue weighted by atomic mass is 19.1. The number of guanidine groups is 1. The monoisotopic (exact) mass is 389 g/mol. The highest BCUT2D eigenvalue weighted by Crippen LogP contribution is 2.16. The first-order valence-electron chi connectivity index (χ1n) is 9.96. The minimum atomic E-state index is -0.270. The second-order valence-corrected chi connectivity index (χ2v) is 6.66. The molecule has 0 aliphatic carbocycles. The SMILES string of the molecule is CCNC(=NCc1c(CC)nn(C)c1CC)NCC(C)Oc1ccc(F)cc1. The van der Waals surface area contributed by atoms with E-state index in [0.717, 1.165) is 31.0 Å². The summed E-state index contributed by atoms with van der Waals surface area (Å²) >= 11 is 0. The average Bonchev–Trinajstić information content (AvgIpc) is 3.00. The van der Waals surface area contributed by atoms with Gasteiger partial charge >= 0.3 is 0 Å². The zero-order valence-corrected chi connectivity index (χ0v) is 17.6. The first-order valence-corrected chi connectivity index (χ1v) is 9.96. The smallest absolute Gasteiger partial charge is 0.191 e. The highest BCUT2D eigenvalue weighted by molar-refractivity contribution is 5.79. The Morgan fingerprint density at radius 3 is 2.50 bits per heavy atom. The first kappa shape index (κ1) is 21.7. The standard InChI is InChI=1S/C21H32FN5O/c1-6-19-18(20(7-2)27(5)26-19)14-25-21(23-8-3)24-13-15(4)28-17-11-9-16(22)10-12-17/h9-12,15H,6-8,13-14H2,1-5H3,(H2,23,24,25). The van der Waals surface area contributed by atoms with Gasteiger partial charge in [0, 0.05) is 24.8 Å². The number of nitrogens with zero attached hydrogens (tertiary/aromatic N) is 3. The molecule has 0 saturated heterocycles. The number of nitrogens with one attached hydrogen (secondary N) is 2. The van der Waals surface area contributed by atoms with Crippen LogP contribution in [0.2, 0.25) is 0 Å². The molecule has 0 amide bonds. The Morgan fingerprint density at radius 1 is 1.18 bits per heavy atom. The Kier molecular flexibility index (Phi) is 8.29. The third kappa shape index (κ3) is 5.97. The van der Waals surface area contributed by atoms with E-state index in [1.165, 1.54) is 23.4 Å². The van der Waals surface area contributed by atoms with E-state index < -0.39 is 0 Å². The van der Waals surface area contributed by atoms with Crippen LogP contribution < -0.4 is 15.4 Å². The molecule has 1 atom stereocenters. The van der Waals surface area contributed by atoms with Crippen LogP contribution in [-0.2, 0) is 26.4 Å². The molecule has 1 aromatic carbocycles. The van der Waals surface area contributed by atoms with Crippen LogP contribution in [0.25, 0.3) is 0 Å². The molecule has 0 saturated carbocycles. The van der Waals surface area contributed by atoms with Crippen molar-refractivity contribution in [2.75, 3.05) is 13.1 Å². The zero-order chi connectivity index (χ0) is 20.5. The average molecular weight is 390 g/mol. The fraction of sp³-hybridized carbons (Fsp3) is 0.524. The summed E-state index contributed by atoms with van der Waals surface area (Å²) in [7, 11) is 1.99. The minimum Gasteiger partial charge on any atom is -0.489 e. The lowest BCUT2D eigenvalue weighted by molar-refractivity contribution is 0.223. The lowest BCUT2D eigenvalue weighted by Gasteiger charge is -2.17. The summed E-state index contributed by atoms with van der Waals surface area (Å²) in [6, 6.07) is 6.05. The Hall–Kier alpha value is -2.57. The van der Waals surface area contributed by atoms with Crippen molar-refractivity contribution in [2.24, 2.45) is 12.0 Å². The van der Waals surface area contributed by atoms with Gasteiger partial charge in [-0.25, -0.2) is 9.38 Å². The van der Waals surface area contributed by atoms with Gasteiger partial charge in [0.2, 0.25) is 0 Å². The Labute approximate surface area is 167 Å². The quantitative estimate of drug-likeness (QED) is 0.511. The molecule has 0 fully saturated rings. The first-order chi connectivity index (χ1) is 13.5. The lowest BCUT2D eigenvalue weighted by atomic mass is 10.1. The van der Waals surface area contributed by atoms with Crippen LogP contribution in [-0.4, -0.2) is 34.9 Å². The molecular formula is C21H32FN5O. The topological polar surface area (TPSA) is 63.5 Å². The number of hydrogen-bond acceptors (Lipinski definition) is 3. The molecule has 28 heavy (non-hydrogen) atoms.